The van der Waals surface area contributed by atoms with Crippen molar-refractivity contribution in [2.24, 2.45) is 5.73 Å². The van der Waals surface area contributed by atoms with Crippen LogP contribution in [0.3, 0.4) is 0 Å². The van der Waals surface area contributed by atoms with Gasteiger partial charge in [0.05, 0.1) is 12.7 Å². The van der Waals surface area contributed by atoms with Crippen LogP contribution in [0.5, 0.6) is 0 Å². The van der Waals surface area contributed by atoms with Crippen LogP contribution in [0.2, 0.25) is 0 Å². The van der Waals surface area contributed by atoms with Crippen LogP contribution in [-0.2, 0) is 14.3 Å². The molecule has 5 heteroatoms. The summed E-state index contributed by atoms with van der Waals surface area (Å²) >= 11 is 0. The zero-order valence-electron chi connectivity index (χ0n) is 9.54. The maximum Gasteiger partial charge on any atom is 0.242 e. The average Bonchev–Trinajstić information content (AvgIpc) is 2.90. The van der Waals surface area contributed by atoms with E-state index in [0.717, 1.165) is 25.9 Å². The van der Waals surface area contributed by atoms with E-state index >= 15 is 0 Å². The van der Waals surface area contributed by atoms with Gasteiger partial charge in [0.2, 0.25) is 5.91 Å². The Labute approximate surface area is 95.7 Å². The normalized spacial score (nSPS) is 34.2. The fourth-order valence-electron chi connectivity index (χ4n) is 2.15. The molecule has 2 fully saturated rings. The van der Waals surface area contributed by atoms with E-state index in [9.17, 15) is 4.79 Å². The van der Waals surface area contributed by atoms with Crippen LogP contribution >= 0.6 is 0 Å². The Morgan fingerprint density at radius 1 is 1.50 bits per heavy atom. The molecule has 0 radical (unpaired) electrons. The maximum atomic E-state index is 11.8. The highest BCUT2D eigenvalue weighted by Gasteiger charge is 2.37. The van der Waals surface area contributed by atoms with Gasteiger partial charge in [0, 0.05) is 19.8 Å². The topological polar surface area (TPSA) is 73.6 Å². The van der Waals surface area contributed by atoms with E-state index in [1.165, 1.54) is 0 Å². The maximum absolute atomic E-state index is 11.8. The third-order valence-corrected chi connectivity index (χ3v) is 3.28. The first kappa shape index (κ1) is 11.8. The van der Waals surface area contributed by atoms with E-state index in [-0.39, 0.29) is 5.91 Å². The van der Waals surface area contributed by atoms with Gasteiger partial charge in [-0.05, 0) is 25.7 Å². The fourth-order valence-corrected chi connectivity index (χ4v) is 2.15. The smallest absolute Gasteiger partial charge is 0.242 e. The van der Waals surface area contributed by atoms with Crippen LogP contribution in [0.1, 0.15) is 25.7 Å². The third kappa shape index (κ3) is 2.72. The molecule has 2 saturated heterocycles. The number of carbonyl (C=O) groups is 1. The summed E-state index contributed by atoms with van der Waals surface area (Å²) in [5.41, 5.74) is 5.12. The summed E-state index contributed by atoms with van der Waals surface area (Å²) in [7, 11) is 0. The van der Waals surface area contributed by atoms with Crippen LogP contribution in [0.4, 0.5) is 0 Å². The van der Waals surface area contributed by atoms with Gasteiger partial charge < -0.3 is 20.5 Å². The molecule has 16 heavy (non-hydrogen) atoms. The van der Waals surface area contributed by atoms with Crippen molar-refractivity contribution in [2.75, 3.05) is 26.4 Å². The lowest BCUT2D eigenvalue weighted by atomic mass is 9.99. The Morgan fingerprint density at radius 3 is 3.00 bits per heavy atom. The van der Waals surface area contributed by atoms with Crippen molar-refractivity contribution in [3.8, 4) is 0 Å². The molecule has 0 aliphatic carbocycles. The highest BCUT2D eigenvalue weighted by molar-refractivity contribution is 5.86. The molecular formula is C11H20N2O3. The molecule has 0 bridgehead atoms. The van der Waals surface area contributed by atoms with Gasteiger partial charge in [0.25, 0.3) is 0 Å². The van der Waals surface area contributed by atoms with E-state index in [4.69, 9.17) is 15.2 Å². The standard InChI is InChI=1S/C11H20N2O3/c12-11(4-7-15-8-11)10(14)13-5-3-9-2-1-6-16-9/h9H,1-8,12H2,(H,13,14). The molecular weight excluding hydrogens is 208 g/mol. The number of rotatable bonds is 4. The molecule has 2 atom stereocenters. The molecule has 92 valence electrons. The lowest BCUT2D eigenvalue weighted by molar-refractivity contribution is -0.126. The average molecular weight is 228 g/mol. The first-order valence-corrected chi connectivity index (χ1v) is 5.97. The Hall–Kier alpha value is -0.650. The van der Waals surface area contributed by atoms with Crippen LogP contribution in [0.15, 0.2) is 0 Å². The monoisotopic (exact) mass is 228 g/mol. The zero-order chi connectivity index (χ0) is 11.4. The van der Waals surface area contributed by atoms with Crippen molar-refractivity contribution in [2.45, 2.75) is 37.3 Å². The second kappa shape index (κ2) is 5.12. The second-order valence-electron chi connectivity index (χ2n) is 4.64. The molecule has 0 aromatic rings. The highest BCUT2D eigenvalue weighted by atomic mass is 16.5. The van der Waals surface area contributed by atoms with E-state index in [1.54, 1.807) is 0 Å². The van der Waals surface area contributed by atoms with Crippen molar-refractivity contribution in [1.82, 2.24) is 5.32 Å². The number of hydrogen-bond acceptors (Lipinski definition) is 4. The summed E-state index contributed by atoms with van der Waals surface area (Å²) in [6, 6.07) is 0. The summed E-state index contributed by atoms with van der Waals surface area (Å²) in [6.45, 7) is 2.41. The molecule has 2 unspecified atom stereocenters. The van der Waals surface area contributed by atoms with Gasteiger partial charge in [-0.15, -0.1) is 0 Å². The van der Waals surface area contributed by atoms with Gasteiger partial charge in [-0.2, -0.15) is 0 Å². The molecule has 2 aliphatic rings. The Bertz CT molecular complexity index is 246. The first-order valence-electron chi connectivity index (χ1n) is 5.97. The largest absolute Gasteiger partial charge is 0.379 e. The molecule has 2 aliphatic heterocycles. The number of amides is 1. The minimum absolute atomic E-state index is 0.0944. The van der Waals surface area contributed by atoms with Crippen molar-refractivity contribution >= 4 is 5.91 Å². The minimum atomic E-state index is -0.809. The molecule has 2 heterocycles. The van der Waals surface area contributed by atoms with Crippen LogP contribution in [0.25, 0.3) is 0 Å². The SMILES string of the molecule is NC1(C(=O)NCCC2CCCO2)CCOC1. The van der Waals surface area contributed by atoms with Gasteiger partial charge in [-0.25, -0.2) is 0 Å². The lowest BCUT2D eigenvalue weighted by Gasteiger charge is -2.21. The predicted octanol–water partition coefficient (Wildman–Crippen LogP) is -0.211. The van der Waals surface area contributed by atoms with Crippen molar-refractivity contribution in [1.29, 1.82) is 0 Å². The molecule has 1 amide bonds. The summed E-state index contributed by atoms with van der Waals surface area (Å²) in [5.74, 6) is -0.0944. The molecule has 2 rings (SSSR count). The van der Waals surface area contributed by atoms with E-state index in [0.29, 0.717) is 32.3 Å². The van der Waals surface area contributed by atoms with Gasteiger partial charge in [0.15, 0.2) is 0 Å². The van der Waals surface area contributed by atoms with E-state index in [2.05, 4.69) is 5.32 Å². The number of hydrogen-bond donors (Lipinski definition) is 2. The summed E-state index contributed by atoms with van der Waals surface area (Å²) in [5, 5.41) is 2.87. The van der Waals surface area contributed by atoms with E-state index in [1.807, 2.05) is 0 Å². The minimum Gasteiger partial charge on any atom is -0.379 e. The third-order valence-electron chi connectivity index (χ3n) is 3.28. The van der Waals surface area contributed by atoms with Crippen molar-refractivity contribution < 1.29 is 14.3 Å². The Morgan fingerprint density at radius 2 is 2.38 bits per heavy atom. The Kier molecular flexibility index (Phi) is 3.78. The number of ether oxygens (including phenoxy) is 2. The molecule has 0 aromatic heterocycles. The molecule has 3 N–H and O–H groups in total. The molecule has 5 nitrogen and oxygen atoms in total. The first-order chi connectivity index (χ1) is 7.71. The van der Waals surface area contributed by atoms with Gasteiger partial charge >= 0.3 is 0 Å². The second-order valence-corrected chi connectivity index (χ2v) is 4.64. The van der Waals surface area contributed by atoms with Crippen LogP contribution < -0.4 is 11.1 Å². The molecule has 0 spiro atoms. The number of nitrogens with two attached hydrogens (primary N) is 1. The van der Waals surface area contributed by atoms with Gasteiger partial charge in [-0.1, -0.05) is 0 Å². The Balaban J connectivity index is 1.67. The van der Waals surface area contributed by atoms with Crippen LogP contribution in [-0.4, -0.2) is 43.9 Å². The quantitative estimate of drug-likeness (QED) is 0.698. The summed E-state index contributed by atoms with van der Waals surface area (Å²) in [4.78, 5) is 11.8. The van der Waals surface area contributed by atoms with Crippen molar-refractivity contribution in [3.05, 3.63) is 0 Å². The predicted molar refractivity (Wildman–Crippen MR) is 59.0 cm³/mol. The van der Waals surface area contributed by atoms with Gasteiger partial charge in [0.1, 0.15) is 5.54 Å². The summed E-state index contributed by atoms with van der Waals surface area (Å²) < 4.78 is 10.6. The molecule has 0 saturated carbocycles. The number of carbonyl (C=O) groups excluding carboxylic acids is 1. The van der Waals surface area contributed by atoms with Gasteiger partial charge in [-0.3, -0.25) is 4.79 Å². The fraction of sp³-hybridized carbons (Fsp3) is 0.909. The molecule has 0 aromatic carbocycles. The lowest BCUT2D eigenvalue weighted by Crippen LogP contribution is -2.54. The van der Waals surface area contributed by atoms with Crippen LogP contribution in [0, 0.1) is 0 Å². The highest BCUT2D eigenvalue weighted by Crippen LogP contribution is 2.16. The number of nitrogens with one attached hydrogen (secondary N) is 1. The van der Waals surface area contributed by atoms with Crippen molar-refractivity contribution in [3.63, 3.8) is 0 Å². The van der Waals surface area contributed by atoms with E-state index < -0.39 is 5.54 Å². The zero-order valence-corrected chi connectivity index (χ0v) is 9.54. The summed E-state index contributed by atoms with van der Waals surface area (Å²) in [6.07, 6.45) is 4.04.